The number of para-hydroxylation sites is 1. The topological polar surface area (TPSA) is 78.4 Å². The molecular weight excluding hydrogens is 302 g/mol. The number of hydrogen-bond donors (Lipinski definition) is 3. The predicted molar refractivity (Wildman–Crippen MR) is 76.8 cm³/mol. The highest BCUT2D eigenvalue weighted by Gasteiger charge is 2.11. The van der Waals surface area contributed by atoms with E-state index in [4.69, 9.17) is 5.11 Å². The number of nitrogens with one attached hydrogen (secondary N) is 2. The molecule has 0 bridgehead atoms. The molecule has 0 aliphatic heterocycles. The van der Waals surface area contributed by atoms with E-state index in [1.807, 2.05) is 0 Å². The van der Waals surface area contributed by atoms with Crippen molar-refractivity contribution in [3.63, 3.8) is 0 Å². The molecule has 3 N–H and O–H groups in total. The van der Waals surface area contributed by atoms with Gasteiger partial charge < -0.3 is 15.7 Å². The number of benzene rings is 1. The Balaban J connectivity index is 2.39. The average molecular weight is 318 g/mol. The van der Waals surface area contributed by atoms with Gasteiger partial charge in [0.05, 0.1) is 5.69 Å². The first-order valence-electron chi connectivity index (χ1n) is 6.29. The van der Waals surface area contributed by atoms with Crippen molar-refractivity contribution in [3.05, 3.63) is 24.3 Å². The summed E-state index contributed by atoms with van der Waals surface area (Å²) in [6, 6.07) is 5.78. The fourth-order valence-corrected chi connectivity index (χ4v) is 2.13. The van der Waals surface area contributed by atoms with E-state index in [9.17, 15) is 18.4 Å². The number of urea groups is 1. The van der Waals surface area contributed by atoms with E-state index >= 15 is 0 Å². The van der Waals surface area contributed by atoms with Crippen LogP contribution in [0.4, 0.5) is 19.3 Å². The van der Waals surface area contributed by atoms with Crippen LogP contribution in [0.2, 0.25) is 0 Å². The van der Waals surface area contributed by atoms with E-state index in [-0.39, 0.29) is 11.3 Å². The summed E-state index contributed by atoms with van der Waals surface area (Å²) in [5, 5.41) is 13.5. The highest BCUT2D eigenvalue weighted by Crippen LogP contribution is 2.31. The molecule has 0 aliphatic rings. The number of carboxylic acid groups (broad SMARTS) is 1. The normalized spacial score (nSPS) is 10.4. The third-order valence-corrected chi connectivity index (χ3v) is 3.24. The summed E-state index contributed by atoms with van der Waals surface area (Å²) in [6.07, 6.45) is 1.05. The summed E-state index contributed by atoms with van der Waals surface area (Å²) >= 11 is 0.361. The molecule has 1 aromatic carbocycles. The van der Waals surface area contributed by atoms with Gasteiger partial charge in [0.2, 0.25) is 0 Å². The largest absolute Gasteiger partial charge is 0.481 e. The molecule has 5 nitrogen and oxygen atoms in total. The molecule has 2 amide bonds. The third kappa shape index (κ3) is 7.50. The summed E-state index contributed by atoms with van der Waals surface area (Å²) in [4.78, 5) is 22.2. The monoisotopic (exact) mass is 318 g/mol. The number of alkyl halides is 2. The summed E-state index contributed by atoms with van der Waals surface area (Å²) < 4.78 is 24.8. The van der Waals surface area contributed by atoms with Crippen molar-refractivity contribution in [3.8, 4) is 0 Å². The molecule has 0 spiro atoms. The Labute approximate surface area is 125 Å². The summed E-state index contributed by atoms with van der Waals surface area (Å²) in [7, 11) is 0. The van der Waals surface area contributed by atoms with Crippen molar-refractivity contribution >= 4 is 29.4 Å². The second-order valence-corrected chi connectivity index (χ2v) is 5.14. The Bertz CT molecular complexity index is 486. The van der Waals surface area contributed by atoms with Crippen molar-refractivity contribution in [2.75, 3.05) is 11.9 Å². The Morgan fingerprint density at radius 1 is 1.24 bits per heavy atom. The fraction of sp³-hybridized carbons (Fsp3) is 0.385. The van der Waals surface area contributed by atoms with Crippen molar-refractivity contribution in [2.45, 2.75) is 29.9 Å². The number of carboxylic acids is 1. The van der Waals surface area contributed by atoms with Crippen LogP contribution in [0.1, 0.15) is 19.3 Å². The van der Waals surface area contributed by atoms with Gasteiger partial charge in [-0.3, -0.25) is 4.79 Å². The van der Waals surface area contributed by atoms with Crippen LogP contribution in [0.15, 0.2) is 29.2 Å². The lowest BCUT2D eigenvalue weighted by Gasteiger charge is -2.11. The zero-order valence-electron chi connectivity index (χ0n) is 11.1. The zero-order valence-corrected chi connectivity index (χ0v) is 12.0. The first-order valence-corrected chi connectivity index (χ1v) is 7.17. The van der Waals surface area contributed by atoms with E-state index in [1.54, 1.807) is 12.1 Å². The zero-order chi connectivity index (χ0) is 15.7. The van der Waals surface area contributed by atoms with E-state index in [0.717, 1.165) is 0 Å². The Morgan fingerprint density at radius 3 is 2.62 bits per heavy atom. The van der Waals surface area contributed by atoms with E-state index in [0.29, 0.717) is 36.8 Å². The molecule has 0 atom stereocenters. The minimum absolute atomic E-state index is 0.0527. The summed E-state index contributed by atoms with van der Waals surface area (Å²) in [5.74, 6) is -3.44. The van der Waals surface area contributed by atoms with Crippen LogP contribution in [-0.4, -0.2) is 29.4 Å². The summed E-state index contributed by atoms with van der Waals surface area (Å²) in [5.41, 5.74) is 0.311. The van der Waals surface area contributed by atoms with Crippen LogP contribution in [0.25, 0.3) is 0 Å². The van der Waals surface area contributed by atoms with Gasteiger partial charge in [-0.15, -0.1) is 0 Å². The maximum atomic E-state index is 12.4. The minimum atomic E-state index is -2.56. The predicted octanol–water partition coefficient (Wildman–Crippen LogP) is 3.38. The SMILES string of the molecule is O=C(O)CCCCNC(=O)Nc1ccccc1SC(F)F. The van der Waals surface area contributed by atoms with Crippen LogP contribution >= 0.6 is 11.8 Å². The number of amides is 2. The van der Waals surface area contributed by atoms with Crippen molar-refractivity contribution in [2.24, 2.45) is 0 Å². The van der Waals surface area contributed by atoms with Crippen LogP contribution in [0.3, 0.4) is 0 Å². The molecule has 0 saturated heterocycles. The van der Waals surface area contributed by atoms with Gasteiger partial charge >= 0.3 is 12.0 Å². The number of thioether (sulfide) groups is 1. The maximum absolute atomic E-state index is 12.4. The molecule has 0 aliphatic carbocycles. The van der Waals surface area contributed by atoms with Gasteiger partial charge in [-0.25, -0.2) is 4.79 Å². The van der Waals surface area contributed by atoms with E-state index in [2.05, 4.69) is 10.6 Å². The van der Waals surface area contributed by atoms with Gasteiger partial charge in [0.1, 0.15) is 0 Å². The van der Waals surface area contributed by atoms with E-state index < -0.39 is 17.8 Å². The molecule has 116 valence electrons. The van der Waals surface area contributed by atoms with Gasteiger partial charge in [0, 0.05) is 17.9 Å². The Morgan fingerprint density at radius 2 is 1.95 bits per heavy atom. The average Bonchev–Trinajstić information content (AvgIpc) is 2.39. The summed E-state index contributed by atoms with van der Waals surface area (Å²) in [6.45, 7) is 0.323. The van der Waals surface area contributed by atoms with Crippen molar-refractivity contribution < 1.29 is 23.5 Å². The molecule has 0 radical (unpaired) electrons. The molecule has 0 heterocycles. The quantitative estimate of drug-likeness (QED) is 0.507. The lowest BCUT2D eigenvalue weighted by Crippen LogP contribution is -2.29. The van der Waals surface area contributed by atoms with Crippen molar-refractivity contribution in [1.82, 2.24) is 5.32 Å². The molecule has 21 heavy (non-hydrogen) atoms. The molecule has 1 rings (SSSR count). The second kappa shape index (κ2) is 9.17. The Kier molecular flexibility index (Phi) is 7.52. The molecule has 0 fully saturated rings. The molecule has 0 saturated carbocycles. The standard InChI is InChI=1S/C13H16F2N2O3S/c14-12(15)21-10-6-2-1-5-9(10)17-13(20)16-8-4-3-7-11(18)19/h1-2,5-6,12H,3-4,7-8H2,(H,18,19)(H2,16,17,20). The fourth-order valence-electron chi connectivity index (χ4n) is 1.54. The second-order valence-electron chi connectivity index (χ2n) is 4.11. The van der Waals surface area contributed by atoms with Gasteiger partial charge in [0.15, 0.2) is 0 Å². The molecule has 1 aromatic rings. The van der Waals surface area contributed by atoms with Crippen LogP contribution in [-0.2, 0) is 4.79 Å². The number of aliphatic carboxylic acids is 1. The number of anilines is 1. The number of carbonyl (C=O) groups is 2. The number of rotatable bonds is 8. The first-order chi connectivity index (χ1) is 9.99. The van der Waals surface area contributed by atoms with Crippen LogP contribution in [0.5, 0.6) is 0 Å². The molecule has 0 aromatic heterocycles. The van der Waals surface area contributed by atoms with Gasteiger partial charge in [0.25, 0.3) is 5.76 Å². The number of hydrogen-bond acceptors (Lipinski definition) is 3. The van der Waals surface area contributed by atoms with Gasteiger partial charge in [-0.1, -0.05) is 23.9 Å². The van der Waals surface area contributed by atoms with Crippen LogP contribution < -0.4 is 10.6 Å². The lowest BCUT2D eigenvalue weighted by molar-refractivity contribution is -0.137. The number of unbranched alkanes of at least 4 members (excludes halogenated alkanes) is 1. The highest BCUT2D eigenvalue weighted by molar-refractivity contribution is 7.99. The lowest BCUT2D eigenvalue weighted by atomic mass is 10.2. The number of carbonyl (C=O) groups excluding carboxylic acids is 1. The van der Waals surface area contributed by atoms with Gasteiger partial charge in [-0.05, 0) is 25.0 Å². The van der Waals surface area contributed by atoms with Crippen LogP contribution in [0, 0.1) is 0 Å². The maximum Gasteiger partial charge on any atom is 0.319 e. The first kappa shape index (κ1) is 17.2. The number of halogens is 2. The van der Waals surface area contributed by atoms with Crippen molar-refractivity contribution in [1.29, 1.82) is 0 Å². The third-order valence-electron chi connectivity index (χ3n) is 2.45. The molecular formula is C13H16F2N2O3S. The Hall–Kier alpha value is -1.83. The van der Waals surface area contributed by atoms with Gasteiger partial charge in [-0.2, -0.15) is 8.78 Å². The highest BCUT2D eigenvalue weighted by atomic mass is 32.2. The smallest absolute Gasteiger partial charge is 0.319 e. The molecule has 0 unspecified atom stereocenters. The van der Waals surface area contributed by atoms with E-state index in [1.165, 1.54) is 12.1 Å². The minimum Gasteiger partial charge on any atom is -0.481 e. The molecule has 8 heteroatoms.